The topological polar surface area (TPSA) is 68.2 Å². The fourth-order valence-corrected chi connectivity index (χ4v) is 2.32. The van der Waals surface area contributed by atoms with Crippen LogP contribution in [-0.4, -0.2) is 34.4 Å². The number of ether oxygens (including phenoxy) is 1. The molecule has 0 aliphatic carbocycles. The summed E-state index contributed by atoms with van der Waals surface area (Å²) in [6, 6.07) is 0. The zero-order valence-corrected chi connectivity index (χ0v) is 13.2. The number of amidine groups is 1. The number of rotatable bonds is 3. The molecule has 2 aliphatic heterocycles. The number of carbonyl (C=O) groups excluding carboxylic acids is 2. The smallest absolute Gasteiger partial charge is 0.308 e. The van der Waals surface area contributed by atoms with Crippen LogP contribution in [0.25, 0.3) is 0 Å². The highest BCUT2D eigenvalue weighted by atomic mass is 16.7. The summed E-state index contributed by atoms with van der Waals surface area (Å²) >= 11 is 0. The van der Waals surface area contributed by atoms with E-state index in [1.807, 2.05) is 27.7 Å². The van der Waals surface area contributed by atoms with Crippen LogP contribution in [0.4, 0.5) is 0 Å². The highest BCUT2D eigenvalue weighted by Crippen LogP contribution is 2.29. The Morgan fingerprint density at radius 1 is 1.57 bits per heavy atom. The fraction of sp³-hybridized carbons (Fsp3) is 0.667. The van der Waals surface area contributed by atoms with Gasteiger partial charge in [-0.15, -0.1) is 0 Å². The second kappa shape index (κ2) is 5.50. The van der Waals surface area contributed by atoms with Crippen LogP contribution in [0.15, 0.2) is 16.8 Å². The van der Waals surface area contributed by atoms with Crippen molar-refractivity contribution in [1.29, 1.82) is 0 Å². The van der Waals surface area contributed by atoms with Crippen molar-refractivity contribution in [2.45, 2.75) is 59.3 Å². The third-order valence-electron chi connectivity index (χ3n) is 3.29. The number of hydrogen-bond donors (Lipinski definition) is 0. The van der Waals surface area contributed by atoms with E-state index in [1.54, 1.807) is 6.92 Å². The van der Waals surface area contributed by atoms with Crippen LogP contribution in [0, 0.1) is 5.92 Å². The molecular weight excluding hydrogens is 272 g/mol. The third-order valence-corrected chi connectivity index (χ3v) is 3.29. The predicted octanol–water partition coefficient (Wildman–Crippen LogP) is 2.20. The van der Waals surface area contributed by atoms with E-state index >= 15 is 0 Å². The van der Waals surface area contributed by atoms with Crippen molar-refractivity contribution in [2.24, 2.45) is 11.1 Å². The van der Waals surface area contributed by atoms with Crippen molar-refractivity contribution in [3.63, 3.8) is 0 Å². The van der Waals surface area contributed by atoms with E-state index in [9.17, 15) is 9.59 Å². The first-order valence-corrected chi connectivity index (χ1v) is 7.15. The summed E-state index contributed by atoms with van der Waals surface area (Å²) in [6.07, 6.45) is 1.58. The highest BCUT2D eigenvalue weighted by molar-refractivity contribution is 6.06. The minimum absolute atomic E-state index is 0.207. The summed E-state index contributed by atoms with van der Waals surface area (Å²) in [6.45, 7) is 9.44. The molecular formula is C15H22N2O4. The zero-order chi connectivity index (χ0) is 15.8. The second-order valence-electron chi connectivity index (χ2n) is 6.57. The summed E-state index contributed by atoms with van der Waals surface area (Å²) in [5.74, 6) is 0.162. The number of hydrogen-bond acceptors (Lipinski definition) is 5. The summed E-state index contributed by atoms with van der Waals surface area (Å²) in [5.41, 5.74) is 0.253. The molecule has 1 amide bonds. The molecule has 0 aromatic heterocycles. The Hall–Kier alpha value is -1.85. The van der Waals surface area contributed by atoms with Gasteiger partial charge in [-0.2, -0.15) is 0 Å². The Labute approximate surface area is 124 Å². The van der Waals surface area contributed by atoms with Gasteiger partial charge in [0.1, 0.15) is 5.60 Å². The Morgan fingerprint density at radius 3 is 2.76 bits per heavy atom. The van der Waals surface area contributed by atoms with E-state index in [0.717, 1.165) is 0 Å². The van der Waals surface area contributed by atoms with Crippen LogP contribution >= 0.6 is 0 Å². The Morgan fingerprint density at radius 2 is 2.24 bits per heavy atom. The largest absolute Gasteiger partial charge is 0.437 e. The van der Waals surface area contributed by atoms with Gasteiger partial charge in [0.25, 0.3) is 5.91 Å². The Balaban J connectivity index is 2.12. The predicted molar refractivity (Wildman–Crippen MR) is 77.2 cm³/mol. The van der Waals surface area contributed by atoms with Gasteiger partial charge in [-0.25, -0.2) is 0 Å². The van der Waals surface area contributed by atoms with Crippen LogP contribution in [0.5, 0.6) is 0 Å². The standard InChI is InChI=1S/C15H22N2O4/c1-9(2)6-13(19)20-14-10(3)7-12(18)17(14)11-8-15(4,5)21-16-11/h7,9,14H,6,8H2,1-5H3. The van der Waals surface area contributed by atoms with Crippen molar-refractivity contribution in [2.75, 3.05) is 0 Å². The van der Waals surface area contributed by atoms with Crippen molar-refractivity contribution < 1.29 is 19.2 Å². The van der Waals surface area contributed by atoms with E-state index in [2.05, 4.69) is 5.16 Å². The summed E-state index contributed by atoms with van der Waals surface area (Å²) < 4.78 is 5.46. The van der Waals surface area contributed by atoms with Crippen molar-refractivity contribution in [1.82, 2.24) is 4.90 Å². The van der Waals surface area contributed by atoms with Gasteiger partial charge in [0.15, 0.2) is 5.84 Å². The normalized spacial score (nSPS) is 24.0. The second-order valence-corrected chi connectivity index (χ2v) is 6.57. The maximum atomic E-state index is 12.1. The van der Waals surface area contributed by atoms with Crippen LogP contribution in [0.1, 0.15) is 47.5 Å². The van der Waals surface area contributed by atoms with Crippen LogP contribution in [0.3, 0.4) is 0 Å². The third kappa shape index (κ3) is 3.43. The van der Waals surface area contributed by atoms with E-state index in [0.29, 0.717) is 24.3 Å². The lowest BCUT2D eigenvalue weighted by Gasteiger charge is -2.26. The number of esters is 1. The van der Waals surface area contributed by atoms with E-state index in [1.165, 1.54) is 11.0 Å². The molecule has 0 bridgehead atoms. The van der Waals surface area contributed by atoms with E-state index in [4.69, 9.17) is 9.57 Å². The molecule has 116 valence electrons. The minimum atomic E-state index is -0.708. The number of oxime groups is 1. The Bertz CT molecular complexity index is 520. The number of carbonyl (C=O) groups is 2. The Kier molecular flexibility index (Phi) is 4.07. The molecule has 0 aromatic carbocycles. The first-order valence-electron chi connectivity index (χ1n) is 7.15. The molecule has 2 aliphatic rings. The number of amides is 1. The summed E-state index contributed by atoms with van der Waals surface area (Å²) in [5, 5.41) is 3.97. The fourth-order valence-electron chi connectivity index (χ4n) is 2.32. The lowest BCUT2D eigenvalue weighted by molar-refractivity contribution is -0.154. The molecule has 0 saturated heterocycles. The maximum Gasteiger partial charge on any atom is 0.308 e. The monoisotopic (exact) mass is 294 g/mol. The van der Waals surface area contributed by atoms with Gasteiger partial charge in [0.05, 0.1) is 6.42 Å². The first-order chi connectivity index (χ1) is 9.69. The average Bonchev–Trinajstić information content (AvgIpc) is 2.79. The average molecular weight is 294 g/mol. The molecule has 1 unspecified atom stereocenters. The molecule has 6 nitrogen and oxygen atoms in total. The molecule has 1 atom stereocenters. The molecule has 0 spiro atoms. The molecule has 2 heterocycles. The van der Waals surface area contributed by atoms with Gasteiger partial charge >= 0.3 is 5.97 Å². The van der Waals surface area contributed by atoms with Gasteiger partial charge in [-0.1, -0.05) is 19.0 Å². The minimum Gasteiger partial charge on any atom is -0.437 e. The zero-order valence-electron chi connectivity index (χ0n) is 13.2. The van der Waals surface area contributed by atoms with E-state index < -0.39 is 11.8 Å². The van der Waals surface area contributed by atoms with Gasteiger partial charge in [0.2, 0.25) is 6.23 Å². The van der Waals surface area contributed by atoms with Gasteiger partial charge in [-0.3, -0.25) is 14.5 Å². The van der Waals surface area contributed by atoms with Crippen molar-refractivity contribution in [3.8, 4) is 0 Å². The van der Waals surface area contributed by atoms with Crippen LogP contribution < -0.4 is 0 Å². The molecule has 21 heavy (non-hydrogen) atoms. The lowest BCUT2D eigenvalue weighted by atomic mass is 10.1. The molecule has 6 heteroatoms. The summed E-state index contributed by atoms with van der Waals surface area (Å²) in [4.78, 5) is 30.7. The quantitative estimate of drug-likeness (QED) is 0.748. The summed E-state index contributed by atoms with van der Waals surface area (Å²) in [7, 11) is 0. The van der Waals surface area contributed by atoms with Gasteiger partial charge in [-0.05, 0) is 32.3 Å². The molecule has 2 rings (SSSR count). The number of nitrogens with zero attached hydrogens (tertiary/aromatic N) is 2. The molecule has 0 radical (unpaired) electrons. The highest BCUT2D eigenvalue weighted by Gasteiger charge is 2.42. The van der Waals surface area contributed by atoms with Crippen LogP contribution in [0.2, 0.25) is 0 Å². The lowest BCUT2D eigenvalue weighted by Crippen LogP contribution is -2.43. The van der Waals surface area contributed by atoms with E-state index in [-0.39, 0.29) is 17.8 Å². The molecule has 0 saturated carbocycles. The maximum absolute atomic E-state index is 12.1. The molecule has 0 N–H and O–H groups in total. The van der Waals surface area contributed by atoms with Crippen molar-refractivity contribution in [3.05, 3.63) is 11.6 Å². The van der Waals surface area contributed by atoms with Gasteiger partial charge in [0, 0.05) is 12.5 Å². The first kappa shape index (κ1) is 15.5. The molecule has 0 fully saturated rings. The van der Waals surface area contributed by atoms with Gasteiger partial charge < -0.3 is 9.57 Å². The van der Waals surface area contributed by atoms with Crippen LogP contribution in [-0.2, 0) is 19.2 Å². The molecule has 0 aromatic rings. The SMILES string of the molecule is CC1=CC(=O)N(C2=NOC(C)(C)C2)C1OC(=O)CC(C)C. The van der Waals surface area contributed by atoms with Crippen molar-refractivity contribution >= 4 is 17.7 Å².